The number of rotatable bonds is 3. The van der Waals surface area contributed by atoms with Crippen LogP contribution in [0.1, 0.15) is 33.3 Å². The van der Waals surface area contributed by atoms with Gasteiger partial charge in [-0.2, -0.15) is 0 Å². The lowest BCUT2D eigenvalue weighted by Crippen LogP contribution is -2.53. The van der Waals surface area contributed by atoms with Crippen molar-refractivity contribution in [2.45, 2.75) is 49.9 Å². The molecule has 6 nitrogen and oxygen atoms in total. The van der Waals surface area contributed by atoms with Crippen molar-refractivity contribution in [2.24, 2.45) is 9.98 Å². The van der Waals surface area contributed by atoms with Crippen molar-refractivity contribution >= 4 is 40.0 Å². The van der Waals surface area contributed by atoms with E-state index < -0.39 is 0 Å². The summed E-state index contributed by atoms with van der Waals surface area (Å²) in [6.45, 7) is 13.2. The van der Waals surface area contributed by atoms with Gasteiger partial charge < -0.3 is 10.2 Å². The van der Waals surface area contributed by atoms with E-state index in [1.54, 1.807) is 21.6 Å². The molecular formula is C22H33N5OS2. The van der Waals surface area contributed by atoms with Crippen LogP contribution in [-0.4, -0.2) is 76.6 Å². The summed E-state index contributed by atoms with van der Waals surface area (Å²) in [6, 6.07) is 10.4. The molecule has 0 saturated carbocycles. The molecule has 1 saturated heterocycles. The third-order valence-electron chi connectivity index (χ3n) is 4.92. The quantitative estimate of drug-likeness (QED) is 0.713. The molecule has 2 amide bonds. The molecule has 1 N–H and O–H groups in total. The zero-order chi connectivity index (χ0) is 21.6. The minimum absolute atomic E-state index is 0.0529. The van der Waals surface area contributed by atoms with Gasteiger partial charge >= 0.3 is 6.03 Å². The number of hydrogen-bond acceptors (Lipinski definition) is 6. The van der Waals surface area contributed by atoms with Crippen LogP contribution in [0.15, 0.2) is 40.3 Å². The van der Waals surface area contributed by atoms with Gasteiger partial charge in [-0.25, -0.2) is 4.79 Å². The number of carbonyl (C=O) groups is 1. The number of urea groups is 1. The standard InChI is InChI=1S/C22H33N5OS2/c1-21(2)16-23-14-19(24-17-22(3,4)30-29-21)25-20(28)27-12-10-26(11-13-27)15-18-8-6-5-7-9-18/h5-9,16-17,19H,10-15H2,1-4H3,(H,25,28). The van der Waals surface area contributed by atoms with Gasteiger partial charge in [0.05, 0.1) is 16.0 Å². The Bertz CT molecular complexity index is 758. The lowest BCUT2D eigenvalue weighted by atomic mass is 10.2. The Labute approximate surface area is 188 Å². The Morgan fingerprint density at radius 2 is 1.67 bits per heavy atom. The number of nitrogens with one attached hydrogen (secondary N) is 1. The maximum Gasteiger partial charge on any atom is 0.319 e. The van der Waals surface area contributed by atoms with Gasteiger partial charge in [-0.05, 0) is 33.3 Å². The van der Waals surface area contributed by atoms with Gasteiger partial charge in [0.1, 0.15) is 6.17 Å². The van der Waals surface area contributed by atoms with E-state index in [4.69, 9.17) is 0 Å². The van der Waals surface area contributed by atoms with Crippen molar-refractivity contribution in [3.05, 3.63) is 35.9 Å². The molecule has 3 rings (SSSR count). The van der Waals surface area contributed by atoms with Crippen LogP contribution in [0.5, 0.6) is 0 Å². The molecule has 30 heavy (non-hydrogen) atoms. The number of amides is 2. The van der Waals surface area contributed by atoms with Crippen molar-refractivity contribution in [3.63, 3.8) is 0 Å². The van der Waals surface area contributed by atoms with E-state index in [-0.39, 0.29) is 21.7 Å². The number of aliphatic imine (C=N–C) groups is 2. The first-order valence-electron chi connectivity index (χ1n) is 10.5. The first-order valence-corrected chi connectivity index (χ1v) is 12.6. The normalized spacial score (nSPS) is 24.4. The topological polar surface area (TPSA) is 60.3 Å². The Morgan fingerprint density at radius 3 is 2.33 bits per heavy atom. The summed E-state index contributed by atoms with van der Waals surface area (Å²) < 4.78 is -0.171. The van der Waals surface area contributed by atoms with Crippen LogP contribution in [0.4, 0.5) is 4.79 Å². The number of hydrogen-bond donors (Lipinski definition) is 1. The summed E-state index contributed by atoms with van der Waals surface area (Å²) in [5, 5.41) is 3.07. The lowest BCUT2D eigenvalue weighted by Gasteiger charge is -2.35. The Balaban J connectivity index is 1.54. The summed E-state index contributed by atoms with van der Waals surface area (Å²) in [4.78, 5) is 26.3. The van der Waals surface area contributed by atoms with Crippen LogP contribution in [0.25, 0.3) is 0 Å². The molecular weight excluding hydrogens is 414 g/mol. The highest BCUT2D eigenvalue weighted by Crippen LogP contribution is 2.42. The molecule has 1 fully saturated rings. The van der Waals surface area contributed by atoms with Gasteiger partial charge in [0.15, 0.2) is 0 Å². The average Bonchev–Trinajstić information content (AvgIpc) is 2.71. The fourth-order valence-electron chi connectivity index (χ4n) is 3.21. The molecule has 0 aromatic heterocycles. The molecule has 2 heterocycles. The molecule has 2 aliphatic rings. The van der Waals surface area contributed by atoms with Crippen molar-refractivity contribution in [3.8, 4) is 0 Å². The zero-order valence-electron chi connectivity index (χ0n) is 18.4. The molecule has 8 heteroatoms. The molecule has 1 atom stereocenters. The average molecular weight is 448 g/mol. The molecule has 1 aromatic rings. The maximum absolute atomic E-state index is 12.8. The highest BCUT2D eigenvalue weighted by Gasteiger charge is 2.27. The molecule has 0 spiro atoms. The van der Waals surface area contributed by atoms with E-state index in [1.807, 2.05) is 23.4 Å². The summed E-state index contributed by atoms with van der Waals surface area (Å²) in [7, 11) is 3.58. The first-order chi connectivity index (χ1) is 14.2. The maximum atomic E-state index is 12.8. The molecule has 1 unspecified atom stereocenters. The second-order valence-corrected chi connectivity index (χ2v) is 12.3. The van der Waals surface area contributed by atoms with Crippen LogP contribution in [0.3, 0.4) is 0 Å². The fraction of sp³-hybridized carbons (Fsp3) is 0.591. The van der Waals surface area contributed by atoms with Gasteiger partial charge in [-0.3, -0.25) is 14.9 Å². The lowest BCUT2D eigenvalue weighted by molar-refractivity contribution is 0.133. The summed E-state index contributed by atoms with van der Waals surface area (Å²) in [6.07, 6.45) is 3.59. The smallest absolute Gasteiger partial charge is 0.319 e. The van der Waals surface area contributed by atoms with Crippen molar-refractivity contribution in [1.82, 2.24) is 15.1 Å². The van der Waals surface area contributed by atoms with E-state index >= 15 is 0 Å². The Hall–Kier alpha value is -1.51. The fourth-order valence-corrected chi connectivity index (χ4v) is 5.41. The summed E-state index contributed by atoms with van der Waals surface area (Å²) in [5.74, 6) is 0. The van der Waals surface area contributed by atoms with E-state index in [9.17, 15) is 4.79 Å². The molecule has 164 valence electrons. The predicted octanol–water partition coefficient (Wildman–Crippen LogP) is 3.93. The van der Waals surface area contributed by atoms with Gasteiger partial charge in [-0.15, -0.1) is 0 Å². The van der Waals surface area contributed by atoms with Gasteiger partial charge in [0, 0.05) is 45.2 Å². The van der Waals surface area contributed by atoms with Crippen LogP contribution >= 0.6 is 21.6 Å². The monoisotopic (exact) mass is 447 g/mol. The Morgan fingerprint density at radius 1 is 1.03 bits per heavy atom. The first kappa shape index (κ1) is 23.2. The highest BCUT2D eigenvalue weighted by molar-refractivity contribution is 8.78. The minimum atomic E-state index is -0.338. The van der Waals surface area contributed by atoms with Crippen LogP contribution in [-0.2, 0) is 6.54 Å². The Kier molecular flexibility index (Phi) is 7.87. The van der Waals surface area contributed by atoms with Crippen LogP contribution in [0, 0.1) is 0 Å². The molecule has 1 aromatic carbocycles. The van der Waals surface area contributed by atoms with E-state index in [0.717, 1.165) is 32.7 Å². The van der Waals surface area contributed by atoms with Crippen molar-refractivity contribution < 1.29 is 4.79 Å². The summed E-state index contributed by atoms with van der Waals surface area (Å²) >= 11 is 0. The van der Waals surface area contributed by atoms with Gasteiger partial charge in [0.25, 0.3) is 0 Å². The number of carbonyl (C=O) groups excluding carboxylic acids is 1. The highest BCUT2D eigenvalue weighted by atomic mass is 33.1. The SMILES string of the molecule is CC1(C)C=NCC(NC(=O)N2CCN(Cc3ccccc3)CC2)N=CC(C)(C)SS1. The molecule has 2 aliphatic heterocycles. The number of nitrogens with zero attached hydrogens (tertiary/aromatic N) is 4. The van der Waals surface area contributed by atoms with Crippen LogP contribution < -0.4 is 5.32 Å². The third kappa shape index (κ3) is 7.32. The predicted molar refractivity (Wildman–Crippen MR) is 131 cm³/mol. The third-order valence-corrected chi connectivity index (χ3v) is 8.90. The van der Waals surface area contributed by atoms with Crippen molar-refractivity contribution in [2.75, 3.05) is 32.7 Å². The second-order valence-electron chi connectivity index (χ2n) is 8.86. The van der Waals surface area contributed by atoms with E-state index in [1.165, 1.54) is 5.56 Å². The largest absolute Gasteiger partial charge is 0.322 e. The second kappa shape index (κ2) is 10.2. The van der Waals surface area contributed by atoms with Crippen LogP contribution in [0.2, 0.25) is 0 Å². The van der Waals surface area contributed by atoms with E-state index in [2.05, 4.69) is 72.2 Å². The number of piperazine rings is 1. The van der Waals surface area contributed by atoms with Gasteiger partial charge in [0.2, 0.25) is 0 Å². The van der Waals surface area contributed by atoms with E-state index in [0.29, 0.717) is 6.54 Å². The molecule has 0 aliphatic carbocycles. The molecule has 0 radical (unpaired) electrons. The zero-order valence-corrected chi connectivity index (χ0v) is 20.0. The van der Waals surface area contributed by atoms with Crippen molar-refractivity contribution in [1.29, 1.82) is 0 Å². The van der Waals surface area contributed by atoms with Gasteiger partial charge in [-0.1, -0.05) is 51.9 Å². The minimum Gasteiger partial charge on any atom is -0.322 e. The summed E-state index contributed by atoms with van der Waals surface area (Å²) in [5.41, 5.74) is 1.31. The molecule has 0 bridgehead atoms. The number of benzene rings is 1.